The van der Waals surface area contributed by atoms with Crippen LogP contribution in [0.5, 0.6) is 5.75 Å². The van der Waals surface area contributed by atoms with Gasteiger partial charge in [-0.05, 0) is 26.0 Å². The van der Waals surface area contributed by atoms with Gasteiger partial charge in [-0.15, -0.1) is 0 Å². The van der Waals surface area contributed by atoms with E-state index in [2.05, 4.69) is 4.90 Å². The first-order valence-corrected chi connectivity index (χ1v) is 7.63. The number of ether oxygens (including phenoxy) is 3. The van der Waals surface area contributed by atoms with Gasteiger partial charge in [0.15, 0.2) is 0 Å². The summed E-state index contributed by atoms with van der Waals surface area (Å²) in [5.41, 5.74) is 6.53. The van der Waals surface area contributed by atoms with Gasteiger partial charge in [0.25, 0.3) is 0 Å². The molecule has 5 heteroatoms. The highest BCUT2D eigenvalue weighted by atomic mass is 16.5. The predicted molar refractivity (Wildman–Crippen MR) is 85.8 cm³/mol. The second-order valence-corrected chi connectivity index (χ2v) is 4.62. The van der Waals surface area contributed by atoms with E-state index in [1.165, 1.54) is 0 Å². The highest BCUT2D eigenvalue weighted by molar-refractivity contribution is 5.51. The molecule has 0 aromatic heterocycles. The average Bonchev–Trinajstić information content (AvgIpc) is 2.49. The summed E-state index contributed by atoms with van der Waals surface area (Å²) in [7, 11) is 0. The first-order chi connectivity index (χ1) is 10.3. The van der Waals surface area contributed by atoms with Crippen LogP contribution in [0.2, 0.25) is 0 Å². The lowest BCUT2D eigenvalue weighted by molar-refractivity contribution is 0.0764. The van der Waals surface area contributed by atoms with Crippen molar-refractivity contribution >= 4 is 5.69 Å². The van der Waals surface area contributed by atoms with Gasteiger partial charge in [0, 0.05) is 32.8 Å². The van der Waals surface area contributed by atoms with Crippen LogP contribution in [0.25, 0.3) is 0 Å². The summed E-state index contributed by atoms with van der Waals surface area (Å²) in [5, 5.41) is 0. The number of hydrogen-bond donors (Lipinski definition) is 1. The Kier molecular flexibility index (Phi) is 9.61. The normalized spacial score (nSPS) is 11.0. The van der Waals surface area contributed by atoms with Crippen molar-refractivity contribution in [2.75, 3.05) is 58.4 Å². The largest absolute Gasteiger partial charge is 0.490 e. The minimum Gasteiger partial charge on any atom is -0.490 e. The first-order valence-electron chi connectivity index (χ1n) is 7.63. The summed E-state index contributed by atoms with van der Waals surface area (Å²) < 4.78 is 16.6. The van der Waals surface area contributed by atoms with Crippen molar-refractivity contribution in [3.63, 3.8) is 0 Å². The third-order valence-corrected chi connectivity index (χ3v) is 3.10. The summed E-state index contributed by atoms with van der Waals surface area (Å²) >= 11 is 0. The molecule has 0 unspecified atom stereocenters. The highest BCUT2D eigenvalue weighted by Crippen LogP contribution is 2.19. The Bertz CT molecular complexity index is 364. The fraction of sp³-hybridized carbons (Fsp3) is 0.625. The maximum Gasteiger partial charge on any atom is 0.142 e. The minimum absolute atomic E-state index is 0.604. The Morgan fingerprint density at radius 1 is 0.905 bits per heavy atom. The number of nitrogen functional groups attached to an aromatic ring is 1. The zero-order valence-corrected chi connectivity index (χ0v) is 13.2. The second kappa shape index (κ2) is 11.4. The lowest BCUT2D eigenvalue weighted by Gasteiger charge is -2.22. The van der Waals surface area contributed by atoms with Crippen molar-refractivity contribution in [3.05, 3.63) is 24.3 Å². The predicted octanol–water partition coefficient (Wildman–Crippen LogP) is 2.02. The molecule has 1 aromatic carbocycles. The molecule has 0 amide bonds. The van der Waals surface area contributed by atoms with Crippen molar-refractivity contribution in [3.8, 4) is 5.75 Å². The molecule has 120 valence electrons. The molecule has 1 aromatic rings. The molecule has 0 atom stereocenters. The molecule has 0 heterocycles. The Morgan fingerprint density at radius 2 is 1.48 bits per heavy atom. The molecular formula is C16H28N2O3. The van der Waals surface area contributed by atoms with Crippen molar-refractivity contribution in [1.82, 2.24) is 4.90 Å². The van der Waals surface area contributed by atoms with Crippen LogP contribution in [0.15, 0.2) is 24.3 Å². The van der Waals surface area contributed by atoms with E-state index < -0.39 is 0 Å². The number of rotatable bonds is 12. The quantitative estimate of drug-likeness (QED) is 0.472. The number of nitrogens with zero attached hydrogens (tertiary/aromatic N) is 1. The topological polar surface area (TPSA) is 57.0 Å². The van der Waals surface area contributed by atoms with Gasteiger partial charge in [-0.2, -0.15) is 0 Å². The second-order valence-electron chi connectivity index (χ2n) is 4.62. The number of benzene rings is 1. The van der Waals surface area contributed by atoms with E-state index in [0.29, 0.717) is 12.3 Å². The molecule has 21 heavy (non-hydrogen) atoms. The maximum atomic E-state index is 5.86. The lowest BCUT2D eigenvalue weighted by atomic mass is 10.3. The van der Waals surface area contributed by atoms with Crippen LogP contribution in [0.1, 0.15) is 13.8 Å². The Balaban J connectivity index is 2.31. The van der Waals surface area contributed by atoms with Crippen molar-refractivity contribution in [2.24, 2.45) is 0 Å². The molecule has 0 saturated carbocycles. The average molecular weight is 296 g/mol. The molecule has 0 aliphatic heterocycles. The molecular weight excluding hydrogens is 268 g/mol. The maximum absolute atomic E-state index is 5.86. The van der Waals surface area contributed by atoms with E-state index in [0.717, 1.165) is 51.8 Å². The zero-order chi connectivity index (χ0) is 15.3. The third kappa shape index (κ3) is 7.90. The van der Waals surface area contributed by atoms with Gasteiger partial charge in [-0.1, -0.05) is 12.1 Å². The monoisotopic (exact) mass is 296 g/mol. The van der Waals surface area contributed by atoms with Gasteiger partial charge in [-0.3, -0.25) is 4.90 Å². The highest BCUT2D eigenvalue weighted by Gasteiger charge is 2.06. The molecule has 0 spiro atoms. The van der Waals surface area contributed by atoms with Crippen LogP contribution < -0.4 is 10.5 Å². The third-order valence-electron chi connectivity index (χ3n) is 3.10. The minimum atomic E-state index is 0.604. The first kappa shape index (κ1) is 17.8. The number of nitrogens with two attached hydrogens (primary N) is 1. The molecule has 1 rings (SSSR count). The van der Waals surface area contributed by atoms with E-state index >= 15 is 0 Å². The van der Waals surface area contributed by atoms with Gasteiger partial charge in [-0.25, -0.2) is 0 Å². The van der Waals surface area contributed by atoms with Crippen LogP contribution in [-0.2, 0) is 9.47 Å². The molecule has 2 N–H and O–H groups in total. The number of anilines is 1. The Hall–Kier alpha value is -1.30. The molecule has 0 aliphatic carbocycles. The van der Waals surface area contributed by atoms with Crippen LogP contribution in [-0.4, -0.2) is 57.6 Å². The van der Waals surface area contributed by atoms with Gasteiger partial charge >= 0.3 is 0 Å². The van der Waals surface area contributed by atoms with Gasteiger partial charge in [0.1, 0.15) is 12.4 Å². The van der Waals surface area contributed by atoms with Gasteiger partial charge in [0.05, 0.1) is 18.9 Å². The van der Waals surface area contributed by atoms with E-state index in [1.54, 1.807) is 0 Å². The summed E-state index contributed by atoms with van der Waals surface area (Å²) in [6.45, 7) is 10.2. The van der Waals surface area contributed by atoms with Crippen LogP contribution in [0, 0.1) is 0 Å². The lowest BCUT2D eigenvalue weighted by Crippen LogP contribution is -2.34. The smallest absolute Gasteiger partial charge is 0.142 e. The summed E-state index contributed by atoms with van der Waals surface area (Å²) in [5.74, 6) is 0.743. The van der Waals surface area contributed by atoms with E-state index in [4.69, 9.17) is 19.9 Å². The summed E-state index contributed by atoms with van der Waals surface area (Å²) in [6.07, 6.45) is 0. The molecule has 0 aliphatic rings. The Morgan fingerprint density at radius 3 is 2.05 bits per heavy atom. The van der Waals surface area contributed by atoms with Gasteiger partial charge < -0.3 is 19.9 Å². The number of hydrogen-bond acceptors (Lipinski definition) is 5. The summed E-state index contributed by atoms with van der Waals surface area (Å²) in [4.78, 5) is 2.28. The molecule has 0 bridgehead atoms. The molecule has 0 fully saturated rings. The van der Waals surface area contributed by atoms with Crippen LogP contribution in [0.4, 0.5) is 5.69 Å². The summed E-state index contributed by atoms with van der Waals surface area (Å²) in [6, 6.07) is 7.56. The number of para-hydroxylation sites is 2. The SMILES string of the molecule is CCOCCN(CCOCC)CCOc1ccccc1N. The van der Waals surface area contributed by atoms with Crippen molar-refractivity contribution in [1.29, 1.82) is 0 Å². The van der Waals surface area contributed by atoms with Crippen LogP contribution >= 0.6 is 0 Å². The van der Waals surface area contributed by atoms with Crippen molar-refractivity contribution in [2.45, 2.75) is 13.8 Å². The van der Waals surface area contributed by atoms with Crippen molar-refractivity contribution < 1.29 is 14.2 Å². The fourth-order valence-corrected chi connectivity index (χ4v) is 1.91. The molecule has 0 radical (unpaired) electrons. The van der Waals surface area contributed by atoms with Gasteiger partial charge in [0.2, 0.25) is 0 Å². The molecule has 0 saturated heterocycles. The zero-order valence-electron chi connectivity index (χ0n) is 13.2. The Labute approximate surface area is 128 Å². The molecule has 5 nitrogen and oxygen atoms in total. The van der Waals surface area contributed by atoms with E-state index in [-0.39, 0.29) is 0 Å². The fourth-order valence-electron chi connectivity index (χ4n) is 1.91. The standard InChI is InChI=1S/C16H28N2O3/c1-3-19-12-9-18(10-13-20-4-2)11-14-21-16-8-6-5-7-15(16)17/h5-8H,3-4,9-14,17H2,1-2H3. The van der Waals surface area contributed by atoms with Crippen LogP contribution in [0.3, 0.4) is 0 Å². The van der Waals surface area contributed by atoms with E-state index in [1.807, 2.05) is 38.1 Å². The van der Waals surface area contributed by atoms with E-state index in [9.17, 15) is 0 Å².